The van der Waals surface area contributed by atoms with Crippen molar-refractivity contribution in [3.8, 4) is 0 Å². The zero-order chi connectivity index (χ0) is 18.7. The molecule has 1 aliphatic rings. The molecular weight excluding hydrogens is 354 g/mol. The summed E-state index contributed by atoms with van der Waals surface area (Å²) < 4.78 is 5.20. The highest BCUT2D eigenvalue weighted by molar-refractivity contribution is 7.99. The Labute approximate surface area is 154 Å². The van der Waals surface area contributed by atoms with E-state index in [0.717, 1.165) is 17.7 Å². The van der Waals surface area contributed by atoms with Crippen LogP contribution in [-0.4, -0.2) is 29.6 Å². The normalized spacial score (nSPS) is 12.4. The lowest BCUT2D eigenvalue weighted by molar-refractivity contribution is 0.0499. The van der Waals surface area contributed by atoms with Crippen molar-refractivity contribution < 1.29 is 24.2 Å². The Balaban J connectivity index is 1.90. The first-order valence-electron chi connectivity index (χ1n) is 8.17. The molecule has 1 heterocycles. The van der Waals surface area contributed by atoms with E-state index in [9.17, 15) is 14.4 Å². The lowest BCUT2D eigenvalue weighted by Gasteiger charge is -2.09. The van der Waals surface area contributed by atoms with Gasteiger partial charge in [0.2, 0.25) is 0 Å². The van der Waals surface area contributed by atoms with Gasteiger partial charge in [-0.05, 0) is 42.8 Å². The zero-order valence-electron chi connectivity index (χ0n) is 14.1. The molecule has 0 bridgehead atoms. The third-order valence-electron chi connectivity index (χ3n) is 3.89. The van der Waals surface area contributed by atoms with Crippen LogP contribution in [0.1, 0.15) is 50.8 Å². The van der Waals surface area contributed by atoms with Crippen LogP contribution in [0.3, 0.4) is 0 Å². The van der Waals surface area contributed by atoms with Crippen LogP contribution >= 0.6 is 11.8 Å². The molecule has 0 radical (unpaired) electrons. The van der Waals surface area contributed by atoms with E-state index in [2.05, 4.69) is 5.32 Å². The third-order valence-corrected chi connectivity index (χ3v) is 5.02. The Morgan fingerprint density at radius 3 is 2.62 bits per heavy atom. The number of anilines is 1. The summed E-state index contributed by atoms with van der Waals surface area (Å²) in [5.74, 6) is -1.83. The van der Waals surface area contributed by atoms with Gasteiger partial charge in [0.15, 0.2) is 0 Å². The molecule has 26 heavy (non-hydrogen) atoms. The number of carbonyl (C=O) groups excluding carboxylic acids is 2. The van der Waals surface area contributed by atoms with Crippen molar-refractivity contribution in [3.05, 3.63) is 53.1 Å². The summed E-state index contributed by atoms with van der Waals surface area (Å²) in [5, 5.41) is 11.9. The fraction of sp³-hybridized carbons (Fsp3) is 0.211. The number of carbonyl (C=O) groups is 3. The van der Waals surface area contributed by atoms with E-state index in [0.29, 0.717) is 28.3 Å². The van der Waals surface area contributed by atoms with Gasteiger partial charge in [0.25, 0.3) is 5.91 Å². The van der Waals surface area contributed by atoms with E-state index in [1.54, 1.807) is 18.2 Å². The van der Waals surface area contributed by atoms with Crippen molar-refractivity contribution in [1.82, 2.24) is 0 Å². The second-order valence-electron chi connectivity index (χ2n) is 5.77. The second-order valence-corrected chi connectivity index (χ2v) is 6.86. The summed E-state index contributed by atoms with van der Waals surface area (Å²) >= 11 is 1.28. The minimum absolute atomic E-state index is 0.114. The summed E-state index contributed by atoms with van der Waals surface area (Å²) in [6.45, 7) is 2.37. The van der Waals surface area contributed by atoms with Crippen molar-refractivity contribution in [2.75, 3.05) is 11.9 Å². The van der Waals surface area contributed by atoms with Crippen LogP contribution in [0.4, 0.5) is 5.69 Å². The van der Waals surface area contributed by atoms with Gasteiger partial charge in [-0.1, -0.05) is 25.1 Å². The number of unbranched alkanes of at least 4 members (excludes halogenated alkanes) is 1. The fourth-order valence-corrected chi connectivity index (χ4v) is 3.52. The molecule has 2 N–H and O–H groups in total. The van der Waals surface area contributed by atoms with E-state index < -0.39 is 11.9 Å². The molecule has 0 aromatic heterocycles. The van der Waals surface area contributed by atoms with Gasteiger partial charge in [-0.3, -0.25) is 4.79 Å². The predicted octanol–water partition coefficient (Wildman–Crippen LogP) is 4.06. The summed E-state index contributed by atoms with van der Waals surface area (Å²) in [7, 11) is 0. The van der Waals surface area contributed by atoms with Gasteiger partial charge in [-0.2, -0.15) is 0 Å². The Morgan fingerprint density at radius 1 is 1.12 bits per heavy atom. The van der Waals surface area contributed by atoms with Gasteiger partial charge in [0, 0.05) is 9.79 Å². The molecule has 3 rings (SSSR count). The molecule has 0 saturated carbocycles. The summed E-state index contributed by atoms with van der Waals surface area (Å²) in [5.41, 5.74) is 1.36. The maximum absolute atomic E-state index is 12.5. The summed E-state index contributed by atoms with van der Waals surface area (Å²) in [6.07, 6.45) is 1.73. The number of rotatable bonds is 5. The van der Waals surface area contributed by atoms with Crippen molar-refractivity contribution in [2.45, 2.75) is 29.6 Å². The van der Waals surface area contributed by atoms with Gasteiger partial charge in [-0.15, -0.1) is 0 Å². The lowest BCUT2D eigenvalue weighted by Crippen LogP contribution is -2.13. The van der Waals surface area contributed by atoms with E-state index in [1.165, 1.54) is 30.0 Å². The largest absolute Gasteiger partial charge is 0.478 e. The lowest BCUT2D eigenvalue weighted by atomic mass is 10.1. The number of benzene rings is 2. The van der Waals surface area contributed by atoms with Crippen molar-refractivity contribution in [3.63, 3.8) is 0 Å². The van der Waals surface area contributed by atoms with Gasteiger partial charge in [0.05, 0.1) is 29.0 Å². The number of nitrogens with one attached hydrogen (secondary N) is 1. The van der Waals surface area contributed by atoms with E-state index >= 15 is 0 Å². The molecule has 0 unspecified atom stereocenters. The Hall–Kier alpha value is -2.80. The molecule has 134 valence electrons. The van der Waals surface area contributed by atoms with E-state index in [4.69, 9.17) is 9.84 Å². The van der Waals surface area contributed by atoms with Crippen LogP contribution in [0.2, 0.25) is 0 Å². The molecule has 0 fully saturated rings. The highest BCUT2D eigenvalue weighted by Crippen LogP contribution is 2.39. The molecule has 2 aromatic carbocycles. The molecule has 0 atom stereocenters. The molecule has 2 aromatic rings. The van der Waals surface area contributed by atoms with Crippen LogP contribution < -0.4 is 5.32 Å². The smallest absolute Gasteiger partial charge is 0.338 e. The quantitative estimate of drug-likeness (QED) is 0.608. The summed E-state index contributed by atoms with van der Waals surface area (Å²) in [4.78, 5) is 37.0. The van der Waals surface area contributed by atoms with Gasteiger partial charge < -0.3 is 15.2 Å². The number of fused-ring (bicyclic) bond motifs is 2. The van der Waals surface area contributed by atoms with Gasteiger partial charge >= 0.3 is 11.9 Å². The van der Waals surface area contributed by atoms with Crippen LogP contribution in [0, 0.1) is 0 Å². The number of ether oxygens (including phenoxy) is 1. The number of aromatic carboxylic acids is 1. The van der Waals surface area contributed by atoms with Crippen molar-refractivity contribution in [1.29, 1.82) is 0 Å². The molecule has 6 nitrogen and oxygen atoms in total. The average Bonchev–Trinajstić information content (AvgIpc) is 2.76. The predicted molar refractivity (Wildman–Crippen MR) is 97.1 cm³/mol. The topological polar surface area (TPSA) is 92.7 Å². The van der Waals surface area contributed by atoms with Gasteiger partial charge in [0.1, 0.15) is 0 Å². The maximum Gasteiger partial charge on any atom is 0.338 e. The highest BCUT2D eigenvalue weighted by atomic mass is 32.2. The van der Waals surface area contributed by atoms with E-state index in [-0.39, 0.29) is 11.5 Å². The molecular formula is C19H17NO5S. The Morgan fingerprint density at radius 2 is 1.88 bits per heavy atom. The molecule has 0 saturated heterocycles. The SMILES string of the molecule is CCCCOC(=O)c1ccc2c(c1)NC(=O)c1ccc(C(=O)O)cc1S2. The van der Waals surface area contributed by atoms with E-state index in [1.807, 2.05) is 6.92 Å². The maximum atomic E-state index is 12.5. The number of carboxylic acid groups (broad SMARTS) is 1. The first-order valence-corrected chi connectivity index (χ1v) is 8.99. The third kappa shape index (κ3) is 3.72. The standard InChI is InChI=1S/C19H17NO5S/c1-2-3-8-25-19(24)12-5-7-15-14(9-12)20-17(21)13-6-4-11(18(22)23)10-16(13)26-15/h4-7,9-10H,2-3,8H2,1H3,(H,20,21)(H,22,23). The number of carboxylic acids is 1. The minimum atomic E-state index is -1.05. The molecule has 1 amide bonds. The molecule has 7 heteroatoms. The Bertz CT molecular complexity index is 893. The van der Waals surface area contributed by atoms with Crippen LogP contribution in [-0.2, 0) is 4.74 Å². The van der Waals surface area contributed by atoms with Crippen molar-refractivity contribution >= 4 is 35.3 Å². The van der Waals surface area contributed by atoms with Crippen molar-refractivity contribution in [2.24, 2.45) is 0 Å². The van der Waals surface area contributed by atoms with Crippen LogP contribution in [0.25, 0.3) is 0 Å². The number of hydrogen-bond donors (Lipinski definition) is 2. The molecule has 0 spiro atoms. The first kappa shape index (κ1) is 18.0. The average molecular weight is 371 g/mol. The van der Waals surface area contributed by atoms with Crippen LogP contribution in [0.5, 0.6) is 0 Å². The minimum Gasteiger partial charge on any atom is -0.478 e. The fourth-order valence-electron chi connectivity index (χ4n) is 2.47. The van der Waals surface area contributed by atoms with Gasteiger partial charge in [-0.25, -0.2) is 9.59 Å². The zero-order valence-corrected chi connectivity index (χ0v) is 14.9. The number of esters is 1. The number of amides is 1. The highest BCUT2D eigenvalue weighted by Gasteiger charge is 2.22. The first-order chi connectivity index (χ1) is 12.5. The Kier molecular flexibility index (Phi) is 5.27. The number of hydrogen-bond acceptors (Lipinski definition) is 5. The monoisotopic (exact) mass is 371 g/mol. The second kappa shape index (κ2) is 7.61. The summed E-state index contributed by atoms with van der Waals surface area (Å²) in [6, 6.07) is 9.31. The van der Waals surface area contributed by atoms with Crippen LogP contribution in [0.15, 0.2) is 46.2 Å². The molecule has 0 aliphatic carbocycles. The molecule has 1 aliphatic heterocycles.